The molecule has 1 saturated heterocycles. The summed E-state index contributed by atoms with van der Waals surface area (Å²) < 4.78 is 0.406. The maximum absolute atomic E-state index is 9.47. The molecule has 0 radical (unpaired) electrons. The highest BCUT2D eigenvalue weighted by Gasteiger charge is 2.65. The largest absolute Gasteiger partial charge is 0.397 e. The lowest BCUT2D eigenvalue weighted by Gasteiger charge is -2.25. The van der Waals surface area contributed by atoms with Crippen molar-refractivity contribution in [2.75, 3.05) is 289 Å². The minimum atomic E-state index is -0.903. The smallest absolute Gasteiger partial charge is 0.252 e. The van der Waals surface area contributed by atoms with Crippen molar-refractivity contribution in [3.63, 3.8) is 0 Å². The monoisotopic (exact) mass is 2080 g/mol. The normalized spacial score (nSPS) is 17.0. The van der Waals surface area contributed by atoms with Gasteiger partial charge >= 0.3 is 0 Å². The minimum absolute atomic E-state index is 0.00486. The summed E-state index contributed by atoms with van der Waals surface area (Å²) in [5, 5.41) is 282. The first-order valence-electron chi connectivity index (χ1n) is 50.0. The molecule has 1 fully saturated rings. The maximum Gasteiger partial charge on any atom is 0.252 e. The molecule has 876 valence electrons. The van der Waals surface area contributed by atoms with Crippen LogP contribution in [-0.4, -0.2) is 626 Å². The van der Waals surface area contributed by atoms with Gasteiger partial charge in [-0.05, 0) is 245 Å². The summed E-state index contributed by atoms with van der Waals surface area (Å²) in [5.74, 6) is 0. The van der Waals surface area contributed by atoms with E-state index in [4.69, 9.17) is 153 Å². The Balaban J connectivity index is -0.0000000928. The van der Waals surface area contributed by atoms with Crippen LogP contribution in [0.2, 0.25) is 0 Å². The Morgan fingerprint density at radius 1 is 0.376 bits per heavy atom. The van der Waals surface area contributed by atoms with Crippen molar-refractivity contribution in [3.05, 3.63) is 0 Å². The van der Waals surface area contributed by atoms with E-state index in [0.29, 0.717) is 128 Å². The Bertz CT molecular complexity index is 2210. The standard InChI is InChI=1S/2C9H21NO2.2C7H17NO3.C7H17NO2.C7H16O.C6H14NO2.4C6H15NO2.2C5H13NO2.C4H11NO2.C4H10O2.C2H6O/c1-10(2)7-4-3-5-9(12)6-8-11;1-9(11)7-5-3-4-6-8-10(2)12;2*1-7(11)6-8(2-4-9)3-5-10;1-6(9)4-8(3)5-7(2)10;1-5-7(3,4)6(2)8;1-3-6(9)4-7(6,2)5-8;1-5(7(2)3)6(9)4-8;1-5(8)4-6(9)7(2)3;1-6(9)5-7(2)3-4-8;1-3-6(8)5-7(9)4-2;1-6(2)3-5(8)4-7;1-5(8)3-6(2)4-7;1-3-5(7)4(2)6;1-4(2,6)3-5;1-2-3/h2*9,11-12H,3-8H2,1-2H3;2*7,9-11H,2-6H2,1H3;6-7,9-10H,4-5H2,1-3H3;6,8H,5H2,1-4H3;8-9H,3-5H2,1-2H3;2*5-6,8-9H,4H2,1-3H3;2*6,8-9H,3-5H2,1-2H3;2*5,7-8H,3-4H2,1-2H3;4,6-7H,3H2,1-2H3;5-6H,3H2,1-2H3;3H,2H2,1H3/q;;;;;;+1;;;;;;;;;. The molecule has 141 heavy (non-hydrogen) atoms. The van der Waals surface area contributed by atoms with Crippen LogP contribution in [0.5, 0.6) is 0 Å². The third-order valence-electron chi connectivity index (χ3n) is 19.8. The van der Waals surface area contributed by atoms with Gasteiger partial charge in [-0.2, -0.15) is 15.2 Å². The van der Waals surface area contributed by atoms with E-state index in [1.807, 2.05) is 134 Å². The Hall–Kier alpha value is -1.80. The summed E-state index contributed by atoms with van der Waals surface area (Å²) in [5.41, 5.74) is -1.42. The first kappa shape index (κ1) is 172. The van der Waals surface area contributed by atoms with Gasteiger partial charge in [0.2, 0.25) is 0 Å². The molecule has 0 aliphatic carbocycles. The fraction of sp³-hybridized carbons (Fsp3) is 1.00. The number of hydrogen-bond donors (Lipinski definition) is 32. The van der Waals surface area contributed by atoms with Crippen LogP contribution in [0.4, 0.5) is 0 Å². The molecule has 45 nitrogen and oxygen atoms in total. The van der Waals surface area contributed by atoms with Crippen molar-refractivity contribution >= 4 is 0 Å². The first-order valence-corrected chi connectivity index (χ1v) is 50.0. The third-order valence-corrected chi connectivity index (χ3v) is 19.8. The van der Waals surface area contributed by atoms with Gasteiger partial charge < -0.3 is 188 Å². The van der Waals surface area contributed by atoms with Crippen molar-refractivity contribution in [1.82, 2.24) is 59.3 Å². The molecule has 0 aromatic rings. The molecule has 32 N–H and O–H groups in total. The van der Waals surface area contributed by atoms with Crippen LogP contribution in [0, 0.1) is 5.41 Å². The quantitative estimate of drug-likeness (QED) is 0.00949. The fourth-order valence-electron chi connectivity index (χ4n) is 10.1. The molecule has 1 aliphatic rings. The van der Waals surface area contributed by atoms with Crippen molar-refractivity contribution in [2.24, 2.45) is 5.41 Å². The number of likely N-dealkylation sites (N-methyl/N-ethyl adjacent to an activating group) is 7. The van der Waals surface area contributed by atoms with Crippen LogP contribution < -0.4 is 0 Å². The highest BCUT2D eigenvalue weighted by Crippen LogP contribution is 2.39. The number of quaternary nitrogens is 1. The molecule has 45 heteroatoms. The van der Waals surface area contributed by atoms with Crippen molar-refractivity contribution in [1.29, 1.82) is 0 Å². The molecule has 0 aromatic heterocycles. The number of aliphatic hydroxyl groups is 29. The van der Waals surface area contributed by atoms with Crippen LogP contribution in [0.3, 0.4) is 0 Å². The molecule has 1 heterocycles. The fourth-order valence-corrected chi connectivity index (χ4v) is 10.1. The van der Waals surface area contributed by atoms with E-state index in [-0.39, 0.29) is 134 Å². The SMILES string of the molecule is CC(C(O)CO)N(C)C.CC(C)(O)CO.CC(O)CC(O)N(C)C.CC(O)CCCCCCN(C)O.CC(O)CN(C)CC(C)O.CC(O)CN(C)CCO.CC(O)CN(C)CO.CC(O)CN(CCO)CCO.CC(O)CN(CCO)CCO.CCC(C)(C)C(C)O.CCC(O)CN(O)CC.CCC1(O)C[N+]1(C)CO.CCN(O)C(C)O.CCO.CN(C)CC(O)CO.CN(C)CCCCC(O)CCO. The van der Waals surface area contributed by atoms with Gasteiger partial charge in [-0.1, -0.05) is 60.8 Å². The summed E-state index contributed by atoms with van der Waals surface area (Å²) in [6, 6.07) is 0.0231. The molecular weight excluding hydrogens is 1850 g/mol. The lowest BCUT2D eigenvalue weighted by molar-refractivity contribution is -0.847. The van der Waals surface area contributed by atoms with Gasteiger partial charge in [-0.3, -0.25) is 24.1 Å². The second kappa shape index (κ2) is 117. The molecule has 1 aliphatic heterocycles. The summed E-state index contributed by atoms with van der Waals surface area (Å²) in [6.07, 6.45) is 5.59. The zero-order valence-corrected chi connectivity index (χ0v) is 95.3. The molecule has 0 amide bonds. The van der Waals surface area contributed by atoms with Crippen molar-refractivity contribution in [3.8, 4) is 0 Å². The third kappa shape index (κ3) is 158. The van der Waals surface area contributed by atoms with Crippen LogP contribution in [-0.2, 0) is 0 Å². The lowest BCUT2D eigenvalue weighted by atomic mass is 9.85. The van der Waals surface area contributed by atoms with E-state index >= 15 is 0 Å². The van der Waals surface area contributed by atoms with Gasteiger partial charge in [0.25, 0.3) is 5.72 Å². The Morgan fingerprint density at radius 2 is 0.752 bits per heavy atom. The van der Waals surface area contributed by atoms with E-state index in [2.05, 4.69) is 25.7 Å². The van der Waals surface area contributed by atoms with Crippen LogP contribution in [0.15, 0.2) is 0 Å². The molecule has 18 atom stereocenters. The van der Waals surface area contributed by atoms with Gasteiger partial charge in [0.1, 0.15) is 12.5 Å². The molecular formula is C96H236N13O32+. The van der Waals surface area contributed by atoms with Gasteiger partial charge in [0.05, 0.1) is 152 Å². The van der Waals surface area contributed by atoms with E-state index < -0.39 is 60.4 Å². The predicted molar refractivity (Wildman–Crippen MR) is 563 cm³/mol. The Labute approximate surface area is 856 Å². The minimum Gasteiger partial charge on any atom is -0.397 e. The second-order valence-corrected chi connectivity index (χ2v) is 38.2. The van der Waals surface area contributed by atoms with Gasteiger partial charge in [0, 0.05) is 144 Å². The summed E-state index contributed by atoms with van der Waals surface area (Å²) in [4.78, 5) is 16.5. The highest BCUT2D eigenvalue weighted by atomic mass is 16.5. The number of aliphatic hydroxyl groups excluding tert-OH is 27. The topological polar surface area (TPSA) is 686 Å². The zero-order chi connectivity index (χ0) is 115. The van der Waals surface area contributed by atoms with Gasteiger partial charge in [-0.25, -0.2) is 0 Å². The van der Waals surface area contributed by atoms with Gasteiger partial charge in [-0.15, -0.1) is 0 Å². The van der Waals surface area contributed by atoms with Gasteiger partial charge in [0.15, 0.2) is 13.3 Å². The van der Waals surface area contributed by atoms with Crippen LogP contribution >= 0.6 is 0 Å². The van der Waals surface area contributed by atoms with Crippen molar-refractivity contribution in [2.45, 2.75) is 338 Å². The number of hydroxylamine groups is 6. The maximum atomic E-state index is 9.47. The number of rotatable bonds is 57. The molecule has 18 unspecified atom stereocenters. The average molecular weight is 2090 g/mol. The lowest BCUT2D eigenvalue weighted by Crippen LogP contribution is -2.38. The Morgan fingerprint density at radius 3 is 0.950 bits per heavy atom. The van der Waals surface area contributed by atoms with Crippen LogP contribution in [0.1, 0.15) is 229 Å². The molecule has 1 rings (SSSR count). The van der Waals surface area contributed by atoms with E-state index in [0.717, 1.165) is 87.4 Å². The number of unbranched alkanes of at least 4 members (excludes halogenated alkanes) is 4. The molecule has 0 saturated carbocycles. The summed E-state index contributed by atoms with van der Waals surface area (Å²) in [6.45, 7) is 48.1. The summed E-state index contributed by atoms with van der Waals surface area (Å²) in [7, 11) is 24.0. The highest BCUT2D eigenvalue weighted by molar-refractivity contribution is 4.79. The van der Waals surface area contributed by atoms with Crippen LogP contribution in [0.25, 0.3) is 0 Å². The number of nitrogens with zero attached hydrogens (tertiary/aromatic N) is 13. The first-order chi connectivity index (χ1) is 64.8. The van der Waals surface area contributed by atoms with E-state index in [1.165, 1.54) is 12.0 Å². The number of hydrogen-bond acceptors (Lipinski definition) is 44. The molecule has 0 bridgehead atoms. The second-order valence-electron chi connectivity index (χ2n) is 38.2. The average Bonchev–Trinajstić information content (AvgIpc) is 1.57. The molecule has 0 aromatic carbocycles. The van der Waals surface area contributed by atoms with Crippen molar-refractivity contribution < 1.29 is 168 Å². The Kier molecular flexibility index (Phi) is 143. The zero-order valence-electron chi connectivity index (χ0n) is 95.3. The summed E-state index contributed by atoms with van der Waals surface area (Å²) >= 11 is 0. The molecule has 0 spiro atoms. The van der Waals surface area contributed by atoms with E-state index in [9.17, 15) is 10.2 Å². The predicted octanol–water partition coefficient (Wildman–Crippen LogP) is -2.99. The van der Waals surface area contributed by atoms with E-state index in [1.54, 1.807) is 114 Å².